The Morgan fingerprint density at radius 1 is 1.04 bits per heavy atom. The summed E-state index contributed by atoms with van der Waals surface area (Å²) in [5.41, 5.74) is 1.02. The van der Waals surface area contributed by atoms with Crippen molar-refractivity contribution in [2.45, 2.75) is 26.7 Å². The van der Waals surface area contributed by atoms with Gasteiger partial charge in [-0.05, 0) is 30.0 Å². The third-order valence-electron chi connectivity index (χ3n) is 3.21. The fourth-order valence-corrected chi connectivity index (χ4v) is 1.97. The first-order valence-electron chi connectivity index (χ1n) is 7.70. The van der Waals surface area contributed by atoms with E-state index in [4.69, 9.17) is 9.47 Å². The van der Waals surface area contributed by atoms with Crippen LogP contribution in [0.25, 0.3) is 0 Å². The first-order chi connectivity index (χ1) is 11.0. The molecular weight excluding hydrogens is 296 g/mol. The Hall–Kier alpha value is -2.24. The second-order valence-electron chi connectivity index (χ2n) is 5.66. The van der Waals surface area contributed by atoms with Crippen LogP contribution in [0.3, 0.4) is 0 Å². The van der Waals surface area contributed by atoms with Crippen molar-refractivity contribution in [2.75, 3.05) is 27.3 Å². The van der Waals surface area contributed by atoms with Gasteiger partial charge in [0.05, 0.1) is 14.2 Å². The van der Waals surface area contributed by atoms with Crippen LogP contribution in [0.15, 0.2) is 18.2 Å². The van der Waals surface area contributed by atoms with Crippen LogP contribution in [0.1, 0.15) is 25.8 Å². The molecule has 2 N–H and O–H groups in total. The molecule has 6 heteroatoms. The van der Waals surface area contributed by atoms with E-state index in [2.05, 4.69) is 10.6 Å². The Bertz CT molecular complexity index is 529. The van der Waals surface area contributed by atoms with E-state index in [0.29, 0.717) is 36.9 Å². The number of rotatable bonds is 9. The largest absolute Gasteiger partial charge is 0.493 e. The maximum atomic E-state index is 11.7. The lowest BCUT2D eigenvalue weighted by molar-refractivity contribution is -0.129. The van der Waals surface area contributed by atoms with Gasteiger partial charge in [0, 0.05) is 13.1 Å². The molecular formula is C17H26N2O4. The quantitative estimate of drug-likeness (QED) is 0.676. The second-order valence-corrected chi connectivity index (χ2v) is 5.66. The van der Waals surface area contributed by atoms with Crippen molar-refractivity contribution in [1.82, 2.24) is 10.6 Å². The number of carbonyl (C=O) groups is 2. The highest BCUT2D eigenvalue weighted by molar-refractivity contribution is 5.96. The van der Waals surface area contributed by atoms with Gasteiger partial charge in [-0.15, -0.1) is 0 Å². The second kappa shape index (κ2) is 9.71. The van der Waals surface area contributed by atoms with Gasteiger partial charge < -0.3 is 20.1 Å². The molecule has 128 valence electrons. The lowest BCUT2D eigenvalue weighted by Gasteiger charge is -2.10. The van der Waals surface area contributed by atoms with E-state index in [1.807, 2.05) is 32.0 Å². The summed E-state index contributed by atoms with van der Waals surface area (Å²) in [4.78, 5) is 23.2. The summed E-state index contributed by atoms with van der Waals surface area (Å²) in [5.74, 6) is 1.17. The maximum Gasteiger partial charge on any atom is 0.229 e. The normalized spacial score (nSPS) is 10.3. The standard InChI is InChI=1S/C17H26N2O4/c1-12(2)11-19-17(21)10-16(20)18-8-7-13-5-6-14(22-3)15(9-13)23-4/h5-6,9,12H,7-8,10-11H2,1-4H3,(H,18,20)(H,19,21). The summed E-state index contributed by atoms with van der Waals surface area (Å²) >= 11 is 0. The number of carbonyl (C=O) groups excluding carboxylic acids is 2. The van der Waals surface area contributed by atoms with E-state index in [1.54, 1.807) is 14.2 Å². The molecule has 1 rings (SSSR count). The van der Waals surface area contributed by atoms with Crippen molar-refractivity contribution < 1.29 is 19.1 Å². The monoisotopic (exact) mass is 322 g/mol. The Morgan fingerprint density at radius 2 is 1.70 bits per heavy atom. The van der Waals surface area contributed by atoms with Crippen molar-refractivity contribution in [3.8, 4) is 11.5 Å². The predicted molar refractivity (Wildman–Crippen MR) is 88.7 cm³/mol. The van der Waals surface area contributed by atoms with Crippen molar-refractivity contribution in [1.29, 1.82) is 0 Å². The molecule has 0 atom stereocenters. The van der Waals surface area contributed by atoms with E-state index < -0.39 is 0 Å². The van der Waals surface area contributed by atoms with Gasteiger partial charge in [0.2, 0.25) is 11.8 Å². The van der Waals surface area contributed by atoms with E-state index in [1.165, 1.54) is 0 Å². The average Bonchev–Trinajstić information content (AvgIpc) is 2.52. The molecule has 1 aromatic carbocycles. The van der Waals surface area contributed by atoms with Crippen LogP contribution in [0, 0.1) is 5.92 Å². The molecule has 23 heavy (non-hydrogen) atoms. The molecule has 0 aliphatic carbocycles. The first kappa shape index (κ1) is 18.8. The fourth-order valence-electron chi connectivity index (χ4n) is 1.97. The smallest absolute Gasteiger partial charge is 0.229 e. The minimum Gasteiger partial charge on any atom is -0.493 e. The van der Waals surface area contributed by atoms with Crippen molar-refractivity contribution in [2.24, 2.45) is 5.92 Å². The molecule has 0 aliphatic rings. The fraction of sp³-hybridized carbons (Fsp3) is 0.529. The predicted octanol–water partition coefficient (Wildman–Crippen LogP) is 1.52. The number of hydrogen-bond donors (Lipinski definition) is 2. The summed E-state index contributed by atoms with van der Waals surface area (Å²) in [6.07, 6.45) is 0.512. The van der Waals surface area contributed by atoms with Crippen molar-refractivity contribution in [3.63, 3.8) is 0 Å². The number of methoxy groups -OCH3 is 2. The van der Waals surface area contributed by atoms with E-state index >= 15 is 0 Å². The van der Waals surface area contributed by atoms with E-state index in [-0.39, 0.29) is 18.2 Å². The number of nitrogens with one attached hydrogen (secondary N) is 2. The van der Waals surface area contributed by atoms with Crippen molar-refractivity contribution >= 4 is 11.8 Å². The molecule has 0 fully saturated rings. The molecule has 6 nitrogen and oxygen atoms in total. The molecule has 0 bridgehead atoms. The molecule has 0 saturated heterocycles. The number of amides is 2. The lowest BCUT2D eigenvalue weighted by Crippen LogP contribution is -2.34. The summed E-state index contributed by atoms with van der Waals surface area (Å²) in [5, 5.41) is 5.46. The Kier molecular flexibility index (Phi) is 7.94. The zero-order valence-corrected chi connectivity index (χ0v) is 14.3. The zero-order valence-electron chi connectivity index (χ0n) is 14.3. The van der Waals surface area contributed by atoms with Gasteiger partial charge >= 0.3 is 0 Å². The summed E-state index contributed by atoms with van der Waals surface area (Å²) < 4.78 is 10.4. The molecule has 0 unspecified atom stereocenters. The number of benzene rings is 1. The number of hydrogen-bond acceptors (Lipinski definition) is 4. The van der Waals surface area contributed by atoms with Crippen LogP contribution >= 0.6 is 0 Å². The maximum absolute atomic E-state index is 11.7. The summed E-state index contributed by atoms with van der Waals surface area (Å²) in [7, 11) is 3.17. The molecule has 0 aromatic heterocycles. The molecule has 0 heterocycles. The molecule has 0 aliphatic heterocycles. The third-order valence-corrected chi connectivity index (χ3v) is 3.21. The third kappa shape index (κ3) is 7.04. The van der Waals surface area contributed by atoms with Crippen molar-refractivity contribution in [3.05, 3.63) is 23.8 Å². The molecule has 0 saturated carbocycles. The number of ether oxygens (including phenoxy) is 2. The van der Waals surface area contributed by atoms with Crippen LogP contribution in [-0.4, -0.2) is 39.1 Å². The Morgan fingerprint density at radius 3 is 2.30 bits per heavy atom. The lowest BCUT2D eigenvalue weighted by atomic mass is 10.1. The minimum absolute atomic E-state index is 0.140. The van der Waals surface area contributed by atoms with Gasteiger partial charge in [0.25, 0.3) is 0 Å². The average molecular weight is 322 g/mol. The zero-order chi connectivity index (χ0) is 17.2. The molecule has 2 amide bonds. The van der Waals surface area contributed by atoms with Crippen LogP contribution in [-0.2, 0) is 16.0 Å². The molecule has 0 radical (unpaired) electrons. The van der Waals surface area contributed by atoms with Gasteiger partial charge in [-0.1, -0.05) is 19.9 Å². The minimum atomic E-state index is -0.272. The summed E-state index contributed by atoms with van der Waals surface area (Å²) in [6.45, 7) is 5.05. The van der Waals surface area contributed by atoms with Gasteiger partial charge in [-0.25, -0.2) is 0 Å². The Balaban J connectivity index is 2.36. The SMILES string of the molecule is COc1ccc(CCNC(=O)CC(=O)NCC(C)C)cc1OC. The topological polar surface area (TPSA) is 76.7 Å². The molecule has 1 aromatic rings. The highest BCUT2D eigenvalue weighted by atomic mass is 16.5. The highest BCUT2D eigenvalue weighted by Gasteiger charge is 2.09. The highest BCUT2D eigenvalue weighted by Crippen LogP contribution is 2.27. The van der Waals surface area contributed by atoms with Crippen LogP contribution in [0.4, 0.5) is 0 Å². The van der Waals surface area contributed by atoms with E-state index in [0.717, 1.165) is 5.56 Å². The first-order valence-corrected chi connectivity index (χ1v) is 7.70. The Labute approximate surface area is 137 Å². The van der Waals surface area contributed by atoms with Gasteiger partial charge in [-0.3, -0.25) is 9.59 Å². The van der Waals surface area contributed by atoms with E-state index in [9.17, 15) is 9.59 Å². The van der Waals surface area contributed by atoms with Crippen LogP contribution < -0.4 is 20.1 Å². The van der Waals surface area contributed by atoms with Gasteiger partial charge in [-0.2, -0.15) is 0 Å². The van der Waals surface area contributed by atoms with Crippen LogP contribution in [0.2, 0.25) is 0 Å². The van der Waals surface area contributed by atoms with Gasteiger partial charge in [0.1, 0.15) is 6.42 Å². The van der Waals surface area contributed by atoms with Gasteiger partial charge in [0.15, 0.2) is 11.5 Å². The summed E-state index contributed by atoms with van der Waals surface area (Å²) in [6, 6.07) is 5.62. The molecule has 0 spiro atoms. The van der Waals surface area contributed by atoms with Crippen LogP contribution in [0.5, 0.6) is 11.5 Å².